The Morgan fingerprint density at radius 2 is 2.24 bits per heavy atom. The second-order valence-corrected chi connectivity index (χ2v) is 6.69. The molecule has 5 heteroatoms. The Bertz CT molecular complexity index is 534. The van der Waals surface area contributed by atoms with Crippen LogP contribution in [0.2, 0.25) is 0 Å². The van der Waals surface area contributed by atoms with Gasteiger partial charge < -0.3 is 15.1 Å². The van der Waals surface area contributed by atoms with Gasteiger partial charge in [0.05, 0.1) is 0 Å². The van der Waals surface area contributed by atoms with Crippen molar-refractivity contribution in [2.45, 2.75) is 32.4 Å². The molecule has 3 rings (SSSR count). The summed E-state index contributed by atoms with van der Waals surface area (Å²) in [6.07, 6.45) is 1.73. The molecule has 0 aromatic heterocycles. The number of halogens is 1. The van der Waals surface area contributed by atoms with Crippen molar-refractivity contribution in [2.24, 2.45) is 0 Å². The molecule has 0 bridgehead atoms. The number of nitrogens with one attached hydrogen (secondary N) is 1. The summed E-state index contributed by atoms with van der Waals surface area (Å²) < 4.78 is 1.12. The molecule has 0 spiro atoms. The Labute approximate surface area is 134 Å². The van der Waals surface area contributed by atoms with Crippen molar-refractivity contribution in [3.63, 3.8) is 0 Å². The molecule has 4 nitrogen and oxygen atoms in total. The molecule has 21 heavy (non-hydrogen) atoms. The number of rotatable bonds is 4. The Kier molecular flexibility index (Phi) is 4.50. The number of anilines is 1. The number of amides is 1. The average molecular weight is 352 g/mol. The third-order valence-electron chi connectivity index (χ3n) is 4.44. The van der Waals surface area contributed by atoms with Gasteiger partial charge in [-0.15, -0.1) is 0 Å². The average Bonchev–Trinajstić information content (AvgIpc) is 2.86. The van der Waals surface area contributed by atoms with E-state index in [1.54, 1.807) is 0 Å². The molecule has 2 aliphatic rings. The lowest BCUT2D eigenvalue weighted by Gasteiger charge is -2.39. The van der Waals surface area contributed by atoms with Crippen LogP contribution in [0, 0.1) is 0 Å². The van der Waals surface area contributed by atoms with Crippen molar-refractivity contribution in [2.75, 3.05) is 31.1 Å². The molecular weight excluding hydrogens is 330 g/mol. The molecule has 0 saturated carbocycles. The maximum absolute atomic E-state index is 11.8. The Morgan fingerprint density at radius 1 is 1.38 bits per heavy atom. The zero-order valence-electron chi connectivity index (χ0n) is 12.4. The lowest BCUT2D eigenvalue weighted by Crippen LogP contribution is -2.51. The van der Waals surface area contributed by atoms with E-state index in [4.69, 9.17) is 0 Å². The van der Waals surface area contributed by atoms with E-state index in [2.05, 4.69) is 56.2 Å². The minimum atomic E-state index is 0.336. The normalized spacial score (nSPS) is 21.8. The van der Waals surface area contributed by atoms with Gasteiger partial charge in [0.25, 0.3) is 0 Å². The van der Waals surface area contributed by atoms with E-state index in [1.165, 1.54) is 11.3 Å². The number of hydrogen-bond donors (Lipinski definition) is 1. The highest BCUT2D eigenvalue weighted by molar-refractivity contribution is 9.10. The Balaban J connectivity index is 1.79. The van der Waals surface area contributed by atoms with E-state index >= 15 is 0 Å². The van der Waals surface area contributed by atoms with Crippen LogP contribution < -0.4 is 10.2 Å². The quantitative estimate of drug-likeness (QED) is 0.904. The maximum atomic E-state index is 11.8. The third-order valence-corrected chi connectivity index (χ3v) is 4.94. The van der Waals surface area contributed by atoms with Gasteiger partial charge in [0.15, 0.2) is 0 Å². The summed E-state index contributed by atoms with van der Waals surface area (Å²) in [5.41, 5.74) is 2.63. The summed E-state index contributed by atoms with van der Waals surface area (Å²) in [5.74, 6) is 0.336. The highest BCUT2D eigenvalue weighted by atomic mass is 79.9. The number of nitrogens with zero attached hydrogens (tertiary/aromatic N) is 2. The first kappa shape index (κ1) is 14.9. The van der Waals surface area contributed by atoms with Crippen molar-refractivity contribution in [1.29, 1.82) is 0 Å². The fraction of sp³-hybridized carbons (Fsp3) is 0.562. The highest BCUT2D eigenvalue weighted by Gasteiger charge is 2.35. The first-order valence-corrected chi connectivity index (χ1v) is 8.52. The monoisotopic (exact) mass is 351 g/mol. The maximum Gasteiger partial charge on any atom is 0.223 e. The van der Waals surface area contributed by atoms with Crippen LogP contribution in [0.1, 0.15) is 25.3 Å². The summed E-state index contributed by atoms with van der Waals surface area (Å²) in [7, 11) is 0. The topological polar surface area (TPSA) is 35.6 Å². The second-order valence-electron chi connectivity index (χ2n) is 5.78. The number of fused-ring (bicyclic) bond motifs is 1. The standard InChI is InChI=1S/C16H22BrN3O/c1-2-18-10-12-9-13(17)3-5-15(12)19-7-8-20-14(11-19)4-6-16(20)21/h3,5,9,14,18H,2,4,6-8,10-11H2,1H3. The van der Waals surface area contributed by atoms with Gasteiger partial charge >= 0.3 is 0 Å². The van der Waals surface area contributed by atoms with E-state index in [0.29, 0.717) is 11.9 Å². The van der Waals surface area contributed by atoms with Gasteiger partial charge in [-0.3, -0.25) is 4.79 Å². The third kappa shape index (κ3) is 3.09. The fourth-order valence-corrected chi connectivity index (χ4v) is 3.76. The largest absolute Gasteiger partial charge is 0.367 e. The van der Waals surface area contributed by atoms with Crippen LogP contribution in [0.3, 0.4) is 0 Å². The molecule has 1 amide bonds. The molecule has 1 unspecified atom stereocenters. The summed E-state index contributed by atoms with van der Waals surface area (Å²) in [6, 6.07) is 6.91. The molecule has 114 valence electrons. The molecule has 0 aliphatic carbocycles. The number of piperazine rings is 1. The van der Waals surface area contributed by atoms with Crippen molar-refractivity contribution < 1.29 is 4.79 Å². The SMILES string of the molecule is CCNCc1cc(Br)ccc1N1CCN2C(=O)CCC2C1. The second kappa shape index (κ2) is 6.36. The van der Waals surface area contributed by atoms with Crippen molar-refractivity contribution in [1.82, 2.24) is 10.2 Å². The van der Waals surface area contributed by atoms with Crippen LogP contribution in [-0.4, -0.2) is 43.0 Å². The van der Waals surface area contributed by atoms with E-state index in [0.717, 1.165) is 50.0 Å². The summed E-state index contributed by atoms with van der Waals surface area (Å²) in [4.78, 5) is 16.3. The highest BCUT2D eigenvalue weighted by Crippen LogP contribution is 2.30. The smallest absolute Gasteiger partial charge is 0.223 e. The van der Waals surface area contributed by atoms with Gasteiger partial charge in [0.1, 0.15) is 0 Å². The molecule has 1 N–H and O–H groups in total. The van der Waals surface area contributed by atoms with Crippen LogP contribution >= 0.6 is 15.9 Å². The number of carbonyl (C=O) groups is 1. The van der Waals surface area contributed by atoms with Gasteiger partial charge in [0.2, 0.25) is 5.91 Å². The number of benzene rings is 1. The van der Waals surface area contributed by atoms with E-state index in [9.17, 15) is 4.79 Å². The Hall–Kier alpha value is -1.07. The molecule has 2 fully saturated rings. The van der Waals surface area contributed by atoms with E-state index < -0.39 is 0 Å². The molecule has 2 heterocycles. The van der Waals surface area contributed by atoms with Gasteiger partial charge in [-0.05, 0) is 36.7 Å². The molecular formula is C16H22BrN3O. The molecule has 2 saturated heterocycles. The van der Waals surface area contributed by atoms with Gasteiger partial charge in [-0.25, -0.2) is 0 Å². The minimum absolute atomic E-state index is 0.336. The van der Waals surface area contributed by atoms with Crippen LogP contribution in [0.15, 0.2) is 22.7 Å². The zero-order valence-corrected chi connectivity index (χ0v) is 14.0. The van der Waals surface area contributed by atoms with Crippen LogP contribution in [0.25, 0.3) is 0 Å². The molecule has 1 aromatic carbocycles. The van der Waals surface area contributed by atoms with Gasteiger partial charge in [0, 0.05) is 48.8 Å². The predicted octanol–water partition coefficient (Wildman–Crippen LogP) is 2.37. The van der Waals surface area contributed by atoms with E-state index in [-0.39, 0.29) is 0 Å². The van der Waals surface area contributed by atoms with Crippen LogP contribution in [0.5, 0.6) is 0 Å². The van der Waals surface area contributed by atoms with Gasteiger partial charge in [-0.2, -0.15) is 0 Å². The molecule has 1 atom stereocenters. The van der Waals surface area contributed by atoms with E-state index in [1.807, 2.05) is 0 Å². The van der Waals surface area contributed by atoms with Crippen molar-refractivity contribution in [3.8, 4) is 0 Å². The summed E-state index contributed by atoms with van der Waals surface area (Å²) >= 11 is 3.57. The van der Waals surface area contributed by atoms with Gasteiger partial charge in [-0.1, -0.05) is 22.9 Å². The van der Waals surface area contributed by atoms with Crippen LogP contribution in [0.4, 0.5) is 5.69 Å². The predicted molar refractivity (Wildman–Crippen MR) is 88.5 cm³/mol. The Morgan fingerprint density at radius 3 is 3.05 bits per heavy atom. The lowest BCUT2D eigenvalue weighted by atomic mass is 10.1. The lowest BCUT2D eigenvalue weighted by molar-refractivity contribution is -0.129. The fourth-order valence-electron chi connectivity index (χ4n) is 3.35. The number of hydrogen-bond acceptors (Lipinski definition) is 3. The molecule has 0 radical (unpaired) electrons. The first-order chi connectivity index (χ1) is 10.2. The molecule has 2 aliphatic heterocycles. The van der Waals surface area contributed by atoms with Crippen LogP contribution in [-0.2, 0) is 11.3 Å². The van der Waals surface area contributed by atoms with Crippen molar-refractivity contribution in [3.05, 3.63) is 28.2 Å². The molecule has 1 aromatic rings. The first-order valence-electron chi connectivity index (χ1n) is 7.72. The number of carbonyl (C=O) groups excluding carboxylic acids is 1. The zero-order chi connectivity index (χ0) is 14.8. The summed E-state index contributed by atoms with van der Waals surface area (Å²) in [5, 5.41) is 3.41. The minimum Gasteiger partial charge on any atom is -0.367 e. The summed E-state index contributed by atoms with van der Waals surface area (Å²) in [6.45, 7) is 6.74. The van der Waals surface area contributed by atoms with Crippen molar-refractivity contribution >= 4 is 27.5 Å².